The number of ether oxygens (including phenoxy) is 1. The number of nitrogens with zero attached hydrogens (tertiary/aromatic N) is 1. The average Bonchev–Trinajstić information content (AvgIpc) is 2.96. The molecule has 122 valence electrons. The summed E-state index contributed by atoms with van der Waals surface area (Å²) in [5, 5.41) is 3.04. The van der Waals surface area contributed by atoms with Crippen LogP contribution in [0.4, 0.5) is 0 Å². The first-order valence-electron chi connectivity index (χ1n) is 7.27. The quantitative estimate of drug-likeness (QED) is 0.822. The lowest BCUT2D eigenvalue weighted by Crippen LogP contribution is -2.41. The van der Waals surface area contributed by atoms with Gasteiger partial charge in [0.1, 0.15) is 0 Å². The Bertz CT molecular complexity index is 658. The molecule has 0 bridgehead atoms. The highest BCUT2D eigenvalue weighted by Gasteiger charge is 2.35. The summed E-state index contributed by atoms with van der Waals surface area (Å²) in [6.07, 6.45) is 1.69. The van der Waals surface area contributed by atoms with Gasteiger partial charge in [0, 0.05) is 19.1 Å². The van der Waals surface area contributed by atoms with Crippen LogP contribution in [-0.2, 0) is 14.8 Å². The average molecular weight is 326 g/mol. The molecular weight excluding hydrogens is 304 g/mol. The molecule has 1 aliphatic heterocycles. The predicted octanol–water partition coefficient (Wildman–Crippen LogP) is 1.15. The van der Waals surface area contributed by atoms with E-state index in [1.54, 1.807) is 19.1 Å². The van der Waals surface area contributed by atoms with Crippen molar-refractivity contribution in [1.82, 2.24) is 9.62 Å². The van der Waals surface area contributed by atoms with Gasteiger partial charge in [0.25, 0.3) is 0 Å². The zero-order valence-electron chi connectivity index (χ0n) is 13.1. The van der Waals surface area contributed by atoms with Crippen molar-refractivity contribution in [3.63, 3.8) is 0 Å². The number of hydrogen-bond donors (Lipinski definition) is 1. The number of esters is 1. The van der Waals surface area contributed by atoms with E-state index in [9.17, 15) is 13.2 Å². The summed E-state index contributed by atoms with van der Waals surface area (Å²) in [4.78, 5) is 11.8. The fourth-order valence-electron chi connectivity index (χ4n) is 2.81. The minimum atomic E-state index is -3.62. The minimum Gasteiger partial charge on any atom is -0.465 e. The van der Waals surface area contributed by atoms with E-state index in [0.29, 0.717) is 18.7 Å². The Morgan fingerprint density at radius 1 is 1.45 bits per heavy atom. The molecule has 1 aromatic carbocycles. The van der Waals surface area contributed by atoms with Crippen molar-refractivity contribution in [2.45, 2.75) is 30.7 Å². The standard InChI is InChI=1S/C15H22N2O4S/c1-11-6-7-12(15(18)21-3)9-14(11)22(19,20)17-8-4-5-13(17)10-16-2/h6-7,9,13,16H,4-5,8,10H2,1-3H3. The number of sulfonamides is 1. The van der Waals surface area contributed by atoms with Gasteiger partial charge in [-0.25, -0.2) is 13.2 Å². The SMILES string of the molecule is CNCC1CCCN1S(=O)(=O)c1cc(C(=O)OC)ccc1C. The molecule has 6 nitrogen and oxygen atoms in total. The van der Waals surface area contributed by atoms with Crippen LogP contribution in [-0.4, -0.2) is 52.0 Å². The summed E-state index contributed by atoms with van der Waals surface area (Å²) < 4.78 is 32.1. The number of aryl methyl sites for hydroxylation is 1. The van der Waals surface area contributed by atoms with Gasteiger partial charge >= 0.3 is 5.97 Å². The fraction of sp³-hybridized carbons (Fsp3) is 0.533. The van der Waals surface area contributed by atoms with Crippen molar-refractivity contribution in [3.05, 3.63) is 29.3 Å². The number of methoxy groups -OCH3 is 1. The van der Waals surface area contributed by atoms with Gasteiger partial charge in [-0.3, -0.25) is 0 Å². The van der Waals surface area contributed by atoms with Gasteiger partial charge in [-0.05, 0) is 44.5 Å². The molecule has 2 rings (SSSR count). The van der Waals surface area contributed by atoms with E-state index in [2.05, 4.69) is 10.1 Å². The van der Waals surface area contributed by atoms with Crippen LogP contribution in [0.2, 0.25) is 0 Å². The second kappa shape index (κ2) is 6.76. The number of hydrogen-bond acceptors (Lipinski definition) is 5. The maximum absolute atomic E-state index is 12.9. The second-order valence-electron chi connectivity index (χ2n) is 5.44. The van der Waals surface area contributed by atoms with Crippen LogP contribution in [0.25, 0.3) is 0 Å². The predicted molar refractivity (Wildman–Crippen MR) is 83.4 cm³/mol. The molecule has 1 unspecified atom stereocenters. The van der Waals surface area contributed by atoms with Gasteiger partial charge in [-0.2, -0.15) is 4.31 Å². The van der Waals surface area contributed by atoms with Crippen molar-refractivity contribution < 1.29 is 17.9 Å². The van der Waals surface area contributed by atoms with Crippen LogP contribution in [0.3, 0.4) is 0 Å². The van der Waals surface area contributed by atoms with Gasteiger partial charge in [-0.1, -0.05) is 6.07 Å². The van der Waals surface area contributed by atoms with E-state index in [4.69, 9.17) is 0 Å². The smallest absolute Gasteiger partial charge is 0.337 e. The Hall–Kier alpha value is -1.44. The minimum absolute atomic E-state index is 0.0452. The van der Waals surface area contributed by atoms with Crippen molar-refractivity contribution in [1.29, 1.82) is 0 Å². The molecule has 22 heavy (non-hydrogen) atoms. The molecule has 1 saturated heterocycles. The molecular formula is C15H22N2O4S. The third-order valence-electron chi connectivity index (χ3n) is 3.96. The van der Waals surface area contributed by atoms with Gasteiger partial charge in [0.05, 0.1) is 17.6 Å². The van der Waals surface area contributed by atoms with E-state index in [1.165, 1.54) is 17.5 Å². The summed E-state index contributed by atoms with van der Waals surface area (Å²) in [5.41, 5.74) is 0.874. The Morgan fingerprint density at radius 3 is 2.82 bits per heavy atom. The van der Waals surface area contributed by atoms with Gasteiger partial charge in [-0.15, -0.1) is 0 Å². The van der Waals surface area contributed by atoms with Crippen molar-refractivity contribution >= 4 is 16.0 Å². The zero-order chi connectivity index (χ0) is 16.3. The maximum atomic E-state index is 12.9. The lowest BCUT2D eigenvalue weighted by Gasteiger charge is -2.24. The van der Waals surface area contributed by atoms with Crippen molar-refractivity contribution in [2.75, 3.05) is 27.2 Å². The zero-order valence-corrected chi connectivity index (χ0v) is 13.9. The van der Waals surface area contributed by atoms with Crippen molar-refractivity contribution in [2.24, 2.45) is 0 Å². The van der Waals surface area contributed by atoms with Crippen LogP contribution < -0.4 is 5.32 Å². The lowest BCUT2D eigenvalue weighted by atomic mass is 10.1. The summed E-state index contributed by atoms with van der Waals surface area (Å²) in [6, 6.07) is 4.58. The number of rotatable bonds is 5. The van der Waals surface area contributed by atoms with Crippen LogP contribution in [0.1, 0.15) is 28.8 Å². The van der Waals surface area contributed by atoms with Gasteiger partial charge in [0.2, 0.25) is 10.0 Å². The summed E-state index contributed by atoms with van der Waals surface area (Å²) in [7, 11) is -0.530. The molecule has 1 aromatic rings. The molecule has 1 aliphatic rings. The van der Waals surface area contributed by atoms with E-state index in [0.717, 1.165) is 12.8 Å². The van der Waals surface area contributed by atoms with E-state index in [1.807, 2.05) is 7.05 Å². The van der Waals surface area contributed by atoms with Gasteiger partial charge in [0.15, 0.2) is 0 Å². The molecule has 1 atom stereocenters. The second-order valence-corrected chi connectivity index (χ2v) is 7.30. The normalized spacial score (nSPS) is 19.3. The van der Waals surface area contributed by atoms with E-state index < -0.39 is 16.0 Å². The Labute approximate surface area is 131 Å². The highest BCUT2D eigenvalue weighted by molar-refractivity contribution is 7.89. The number of carbonyl (C=O) groups excluding carboxylic acids is 1. The molecule has 1 fully saturated rings. The first kappa shape index (κ1) is 16.9. The molecule has 0 saturated carbocycles. The molecule has 0 radical (unpaired) electrons. The molecule has 7 heteroatoms. The Kier molecular flexibility index (Phi) is 5.20. The molecule has 0 aliphatic carbocycles. The number of carbonyl (C=O) groups is 1. The third-order valence-corrected chi connectivity index (χ3v) is 6.05. The van der Waals surface area contributed by atoms with Crippen molar-refractivity contribution in [3.8, 4) is 0 Å². The monoisotopic (exact) mass is 326 g/mol. The Balaban J connectivity index is 2.42. The summed E-state index contributed by atoms with van der Waals surface area (Å²) in [6.45, 7) is 2.86. The number of benzene rings is 1. The lowest BCUT2D eigenvalue weighted by molar-refractivity contribution is 0.0600. The number of likely N-dealkylation sites (N-methyl/N-ethyl adjacent to an activating group) is 1. The molecule has 1 N–H and O–H groups in total. The van der Waals surface area contributed by atoms with Crippen LogP contribution >= 0.6 is 0 Å². The first-order chi connectivity index (χ1) is 10.4. The number of nitrogens with one attached hydrogen (secondary N) is 1. The van der Waals surface area contributed by atoms with E-state index >= 15 is 0 Å². The molecule has 0 amide bonds. The molecule has 1 heterocycles. The molecule has 0 aromatic heterocycles. The van der Waals surface area contributed by atoms with Crippen LogP contribution in [0.5, 0.6) is 0 Å². The van der Waals surface area contributed by atoms with E-state index in [-0.39, 0.29) is 16.5 Å². The maximum Gasteiger partial charge on any atom is 0.337 e. The molecule has 0 spiro atoms. The van der Waals surface area contributed by atoms with Crippen LogP contribution in [0, 0.1) is 6.92 Å². The summed E-state index contributed by atoms with van der Waals surface area (Å²) >= 11 is 0. The summed E-state index contributed by atoms with van der Waals surface area (Å²) in [5.74, 6) is -0.537. The highest BCUT2D eigenvalue weighted by Crippen LogP contribution is 2.28. The topological polar surface area (TPSA) is 75.7 Å². The van der Waals surface area contributed by atoms with Gasteiger partial charge < -0.3 is 10.1 Å². The largest absolute Gasteiger partial charge is 0.465 e. The fourth-order valence-corrected chi connectivity index (χ4v) is 4.76. The Morgan fingerprint density at radius 2 is 2.18 bits per heavy atom. The highest BCUT2D eigenvalue weighted by atomic mass is 32.2. The first-order valence-corrected chi connectivity index (χ1v) is 8.71. The van der Waals surface area contributed by atoms with Crippen LogP contribution in [0.15, 0.2) is 23.1 Å². The third kappa shape index (κ3) is 3.16.